The summed E-state index contributed by atoms with van der Waals surface area (Å²) in [6.07, 6.45) is 7.05. The molecule has 1 fully saturated rings. The smallest absolute Gasteiger partial charge is 0.198 e. The Hall–Kier alpha value is -2.23. The Morgan fingerprint density at radius 1 is 1.12 bits per heavy atom. The predicted octanol–water partition coefficient (Wildman–Crippen LogP) is 4.73. The van der Waals surface area contributed by atoms with Crippen molar-refractivity contribution < 1.29 is 9.15 Å². The Balaban J connectivity index is 1.59. The van der Waals surface area contributed by atoms with Crippen LogP contribution in [0.3, 0.4) is 0 Å². The van der Waals surface area contributed by atoms with Crippen molar-refractivity contribution in [3.63, 3.8) is 0 Å². The highest BCUT2D eigenvalue weighted by atomic mass is 16.5. The monoisotopic (exact) mass is 322 g/mol. The van der Waals surface area contributed by atoms with E-state index in [-0.39, 0.29) is 11.8 Å². The number of nitrogens with zero attached hydrogens (tertiary/aromatic N) is 2. The molecule has 0 N–H and O–H groups in total. The molecule has 0 saturated heterocycles. The normalized spacial score (nSPS) is 31.4. The topological polar surface area (TPSA) is 38.0 Å². The van der Waals surface area contributed by atoms with Crippen LogP contribution in [0, 0.1) is 5.92 Å². The van der Waals surface area contributed by atoms with Gasteiger partial charge in [-0.1, -0.05) is 25.1 Å². The predicted molar refractivity (Wildman–Crippen MR) is 91.9 cm³/mol. The number of hydrazone groups is 1. The van der Waals surface area contributed by atoms with Crippen molar-refractivity contribution in [3.8, 4) is 5.75 Å². The largest absolute Gasteiger partial charge is 0.466 e. The molecular formula is C20H22N2O2. The van der Waals surface area contributed by atoms with E-state index in [0.717, 1.165) is 42.4 Å². The summed E-state index contributed by atoms with van der Waals surface area (Å²) < 4.78 is 12.2. The van der Waals surface area contributed by atoms with Crippen LogP contribution in [0.1, 0.15) is 56.4 Å². The van der Waals surface area contributed by atoms with E-state index >= 15 is 0 Å². The van der Waals surface area contributed by atoms with Gasteiger partial charge in [-0.05, 0) is 37.0 Å². The molecule has 1 aromatic carbocycles. The summed E-state index contributed by atoms with van der Waals surface area (Å²) in [6.45, 7) is 2.34. The molecule has 2 aliphatic heterocycles. The highest BCUT2D eigenvalue weighted by Gasteiger charge is 2.51. The van der Waals surface area contributed by atoms with Crippen LogP contribution in [0.5, 0.6) is 5.75 Å². The fourth-order valence-electron chi connectivity index (χ4n) is 4.36. The molecular weight excluding hydrogens is 300 g/mol. The van der Waals surface area contributed by atoms with Crippen LogP contribution >= 0.6 is 0 Å². The second-order valence-electron chi connectivity index (χ2n) is 7.36. The lowest BCUT2D eigenvalue weighted by molar-refractivity contribution is -0.145. The lowest BCUT2D eigenvalue weighted by Crippen LogP contribution is -2.55. The molecule has 0 amide bonds. The van der Waals surface area contributed by atoms with Gasteiger partial charge in [0.2, 0.25) is 0 Å². The zero-order chi connectivity index (χ0) is 16.1. The van der Waals surface area contributed by atoms with Crippen LogP contribution in [0.4, 0.5) is 0 Å². The molecule has 124 valence electrons. The van der Waals surface area contributed by atoms with Gasteiger partial charge in [0.15, 0.2) is 5.72 Å². The molecule has 5 rings (SSSR count). The van der Waals surface area contributed by atoms with Crippen LogP contribution < -0.4 is 4.74 Å². The van der Waals surface area contributed by atoms with E-state index in [2.05, 4.69) is 36.2 Å². The van der Waals surface area contributed by atoms with E-state index in [4.69, 9.17) is 14.3 Å². The van der Waals surface area contributed by atoms with Crippen molar-refractivity contribution in [2.75, 3.05) is 0 Å². The summed E-state index contributed by atoms with van der Waals surface area (Å²) in [5.41, 5.74) is 1.98. The van der Waals surface area contributed by atoms with E-state index in [1.54, 1.807) is 6.26 Å². The van der Waals surface area contributed by atoms with Crippen LogP contribution in [-0.2, 0) is 0 Å². The quantitative estimate of drug-likeness (QED) is 0.762. The van der Waals surface area contributed by atoms with Gasteiger partial charge < -0.3 is 9.15 Å². The molecule has 4 heteroatoms. The van der Waals surface area contributed by atoms with Crippen molar-refractivity contribution in [1.29, 1.82) is 0 Å². The molecule has 4 nitrogen and oxygen atoms in total. The Labute approximate surface area is 142 Å². The number of benzene rings is 1. The van der Waals surface area contributed by atoms with Crippen molar-refractivity contribution in [2.45, 2.75) is 50.8 Å². The molecule has 3 heterocycles. The fourth-order valence-corrected chi connectivity index (χ4v) is 4.36. The maximum absolute atomic E-state index is 6.58. The molecule has 0 unspecified atom stereocenters. The van der Waals surface area contributed by atoms with Crippen molar-refractivity contribution >= 4 is 5.71 Å². The minimum absolute atomic E-state index is 0.253. The zero-order valence-corrected chi connectivity index (χ0v) is 13.9. The maximum atomic E-state index is 6.58. The lowest BCUT2D eigenvalue weighted by Gasteiger charge is -2.50. The second-order valence-corrected chi connectivity index (χ2v) is 7.36. The molecule has 0 radical (unpaired) electrons. The van der Waals surface area contributed by atoms with Crippen molar-refractivity contribution in [3.05, 3.63) is 54.0 Å². The van der Waals surface area contributed by atoms with Gasteiger partial charge in [-0.25, -0.2) is 5.01 Å². The molecule has 0 bridgehead atoms. The van der Waals surface area contributed by atoms with E-state index in [9.17, 15) is 0 Å². The number of hydrogen-bond donors (Lipinski definition) is 0. The van der Waals surface area contributed by atoms with Gasteiger partial charge in [-0.3, -0.25) is 0 Å². The molecule has 2 aromatic rings. The zero-order valence-electron chi connectivity index (χ0n) is 13.9. The number of hydrogen-bond acceptors (Lipinski definition) is 4. The van der Waals surface area contributed by atoms with E-state index < -0.39 is 0 Å². The lowest BCUT2D eigenvalue weighted by atomic mass is 9.82. The summed E-state index contributed by atoms with van der Waals surface area (Å²) in [7, 11) is 0. The summed E-state index contributed by atoms with van der Waals surface area (Å²) in [5, 5.41) is 7.23. The number of rotatable bonds is 1. The standard InChI is InChI=1S/C20H22N2O2/c1-14-8-10-20(11-9-14)22-17(15-5-2-3-6-18(15)24-20)13-16(21-22)19-7-4-12-23-19/h2-7,12,14,17H,8-11,13H2,1H3/t14?,17-,20?/m1/s1. The maximum Gasteiger partial charge on any atom is 0.198 e. The van der Waals surface area contributed by atoms with Gasteiger partial charge in [0, 0.05) is 24.8 Å². The molecule has 24 heavy (non-hydrogen) atoms. The first kappa shape index (κ1) is 14.1. The van der Waals surface area contributed by atoms with E-state index in [1.807, 2.05) is 12.1 Å². The third-order valence-electron chi connectivity index (χ3n) is 5.77. The molecule has 1 aliphatic carbocycles. The SMILES string of the molecule is CC1CCC2(CC1)Oc1ccccc1[C@H]1CC(c3ccco3)=NN12. The van der Waals surface area contributed by atoms with Gasteiger partial charge in [0.25, 0.3) is 0 Å². The first-order chi connectivity index (χ1) is 11.8. The third-order valence-corrected chi connectivity index (χ3v) is 5.77. The Morgan fingerprint density at radius 3 is 2.75 bits per heavy atom. The number of ether oxygens (including phenoxy) is 1. The fraction of sp³-hybridized carbons (Fsp3) is 0.450. The highest BCUT2D eigenvalue weighted by Crippen LogP contribution is 2.51. The van der Waals surface area contributed by atoms with Crippen LogP contribution in [0.15, 0.2) is 52.2 Å². The van der Waals surface area contributed by atoms with Gasteiger partial charge in [-0.15, -0.1) is 0 Å². The summed E-state index contributed by atoms with van der Waals surface area (Å²) >= 11 is 0. The molecule has 1 atom stereocenters. The van der Waals surface area contributed by atoms with Crippen LogP contribution in [0.25, 0.3) is 0 Å². The highest BCUT2D eigenvalue weighted by molar-refractivity contribution is 5.99. The van der Waals surface area contributed by atoms with Crippen LogP contribution in [0.2, 0.25) is 0 Å². The minimum Gasteiger partial charge on any atom is -0.466 e. The third kappa shape index (κ3) is 2.02. The Kier molecular flexibility index (Phi) is 3.02. The molecule has 3 aliphatic rings. The van der Waals surface area contributed by atoms with Crippen molar-refractivity contribution in [2.24, 2.45) is 11.0 Å². The average molecular weight is 322 g/mol. The van der Waals surface area contributed by atoms with E-state index in [0.29, 0.717) is 0 Å². The van der Waals surface area contributed by atoms with Gasteiger partial charge in [-0.2, -0.15) is 5.10 Å². The first-order valence-electron chi connectivity index (χ1n) is 8.94. The number of furan rings is 1. The van der Waals surface area contributed by atoms with Gasteiger partial charge in [0.1, 0.15) is 17.2 Å². The number of para-hydroxylation sites is 1. The number of fused-ring (bicyclic) bond motifs is 4. The summed E-state index contributed by atoms with van der Waals surface area (Å²) in [5.74, 6) is 2.68. The Bertz CT molecular complexity index is 773. The van der Waals surface area contributed by atoms with E-state index in [1.165, 1.54) is 18.4 Å². The van der Waals surface area contributed by atoms with Crippen LogP contribution in [-0.4, -0.2) is 16.4 Å². The Morgan fingerprint density at radius 2 is 1.96 bits per heavy atom. The molecule has 1 spiro atoms. The average Bonchev–Trinajstić information content (AvgIpc) is 3.27. The summed E-state index contributed by atoms with van der Waals surface area (Å²) in [4.78, 5) is 0. The minimum atomic E-state index is -0.292. The van der Waals surface area contributed by atoms with Crippen molar-refractivity contribution in [1.82, 2.24) is 5.01 Å². The van der Waals surface area contributed by atoms with Gasteiger partial charge >= 0.3 is 0 Å². The first-order valence-corrected chi connectivity index (χ1v) is 8.94. The molecule has 1 aromatic heterocycles. The summed E-state index contributed by atoms with van der Waals surface area (Å²) in [6, 6.07) is 12.6. The van der Waals surface area contributed by atoms with Gasteiger partial charge in [0.05, 0.1) is 12.3 Å². The molecule has 1 saturated carbocycles. The second kappa shape index (κ2) is 5.13.